The number of benzene rings is 3. The quantitative estimate of drug-likeness (QED) is 0.312. The number of rotatable bonds is 9. The molecule has 1 saturated heterocycles. The minimum absolute atomic E-state index is 0.216. The molecule has 0 unspecified atom stereocenters. The molecule has 1 amide bonds. The molecule has 4 rings (SSSR count). The molecule has 192 valence electrons. The highest BCUT2D eigenvalue weighted by atomic mass is 35.5. The van der Waals surface area contributed by atoms with Gasteiger partial charge in [0, 0.05) is 10.6 Å². The van der Waals surface area contributed by atoms with Gasteiger partial charge < -0.3 is 24.3 Å². The number of carbonyl (C=O) groups excluding carboxylic acids is 1. The van der Waals surface area contributed by atoms with Gasteiger partial charge in [0.2, 0.25) is 0 Å². The third-order valence-electron chi connectivity index (χ3n) is 5.55. The van der Waals surface area contributed by atoms with Crippen molar-refractivity contribution in [3.63, 3.8) is 0 Å². The predicted molar refractivity (Wildman–Crippen MR) is 148 cm³/mol. The van der Waals surface area contributed by atoms with Crippen LogP contribution in [0.4, 0.5) is 5.69 Å². The maximum Gasteiger partial charge on any atom is 0.264 e. The Morgan fingerprint density at radius 1 is 1.00 bits per heavy atom. The van der Waals surface area contributed by atoms with Crippen molar-refractivity contribution in [3.8, 4) is 23.0 Å². The van der Waals surface area contributed by atoms with E-state index in [0.717, 1.165) is 16.7 Å². The average molecular weight is 539 g/mol. The number of aliphatic imine (C=N–C) groups is 1. The molecule has 0 bridgehead atoms. The van der Waals surface area contributed by atoms with Crippen LogP contribution in [-0.2, 0) is 11.4 Å². The van der Waals surface area contributed by atoms with Crippen LogP contribution in [-0.4, -0.2) is 31.9 Å². The Hall–Kier alpha value is -3.62. The molecule has 0 aromatic heterocycles. The van der Waals surface area contributed by atoms with Gasteiger partial charge in [-0.15, -0.1) is 0 Å². The zero-order valence-electron chi connectivity index (χ0n) is 21.0. The van der Waals surface area contributed by atoms with Gasteiger partial charge in [-0.2, -0.15) is 0 Å². The Kier molecular flexibility index (Phi) is 8.63. The van der Waals surface area contributed by atoms with Gasteiger partial charge in [-0.1, -0.05) is 23.7 Å². The molecular formula is C28H27ClN2O5S. The van der Waals surface area contributed by atoms with Crippen molar-refractivity contribution < 1.29 is 23.7 Å². The normalized spacial score (nSPS) is 15.1. The van der Waals surface area contributed by atoms with Crippen molar-refractivity contribution in [1.82, 2.24) is 5.32 Å². The lowest BCUT2D eigenvalue weighted by Crippen LogP contribution is -2.19. The van der Waals surface area contributed by atoms with Crippen molar-refractivity contribution >= 4 is 46.2 Å². The lowest BCUT2D eigenvalue weighted by atomic mass is 10.1. The monoisotopic (exact) mass is 538 g/mol. The number of amides is 1. The van der Waals surface area contributed by atoms with Gasteiger partial charge in [0.05, 0.1) is 31.4 Å². The minimum atomic E-state index is -0.216. The largest absolute Gasteiger partial charge is 0.497 e. The first kappa shape index (κ1) is 26.4. The number of ether oxygens (including phenoxy) is 4. The SMILES string of the molecule is CCOc1cc(/C=C2\SC(=Nc3cccc(Cl)c3C)NC2=O)ccc1OCc1cc(OC)ccc1OC. The number of hydrogen-bond acceptors (Lipinski definition) is 7. The number of nitrogens with zero attached hydrogens (tertiary/aromatic N) is 1. The molecular weight excluding hydrogens is 512 g/mol. The Morgan fingerprint density at radius 2 is 1.81 bits per heavy atom. The summed E-state index contributed by atoms with van der Waals surface area (Å²) in [7, 11) is 3.23. The van der Waals surface area contributed by atoms with E-state index in [-0.39, 0.29) is 12.5 Å². The fourth-order valence-electron chi connectivity index (χ4n) is 3.61. The number of thioether (sulfide) groups is 1. The molecule has 3 aromatic rings. The van der Waals surface area contributed by atoms with Crippen molar-refractivity contribution in [3.05, 3.63) is 81.2 Å². The van der Waals surface area contributed by atoms with Gasteiger partial charge in [0.1, 0.15) is 18.1 Å². The number of amidine groups is 1. The van der Waals surface area contributed by atoms with Crippen LogP contribution < -0.4 is 24.3 Å². The predicted octanol–water partition coefficient (Wildman–Crippen LogP) is 6.53. The van der Waals surface area contributed by atoms with E-state index < -0.39 is 0 Å². The smallest absolute Gasteiger partial charge is 0.264 e. The van der Waals surface area contributed by atoms with E-state index in [2.05, 4.69) is 10.3 Å². The summed E-state index contributed by atoms with van der Waals surface area (Å²) in [5, 5.41) is 3.94. The highest BCUT2D eigenvalue weighted by Crippen LogP contribution is 2.34. The summed E-state index contributed by atoms with van der Waals surface area (Å²) in [5.74, 6) is 2.36. The summed E-state index contributed by atoms with van der Waals surface area (Å²) in [4.78, 5) is 17.7. The first-order valence-corrected chi connectivity index (χ1v) is 12.8. The van der Waals surface area contributed by atoms with Gasteiger partial charge >= 0.3 is 0 Å². The first-order valence-electron chi connectivity index (χ1n) is 11.6. The lowest BCUT2D eigenvalue weighted by molar-refractivity contribution is -0.115. The van der Waals surface area contributed by atoms with Gasteiger partial charge in [-0.05, 0) is 85.3 Å². The summed E-state index contributed by atoms with van der Waals surface area (Å²) < 4.78 is 22.7. The van der Waals surface area contributed by atoms with Crippen molar-refractivity contribution in [2.45, 2.75) is 20.5 Å². The van der Waals surface area contributed by atoms with E-state index in [4.69, 9.17) is 30.5 Å². The molecule has 1 aliphatic rings. The molecule has 1 N–H and O–H groups in total. The molecule has 0 spiro atoms. The van der Waals surface area contributed by atoms with E-state index in [0.29, 0.717) is 50.4 Å². The number of halogens is 1. The molecule has 7 nitrogen and oxygen atoms in total. The summed E-state index contributed by atoms with van der Waals surface area (Å²) in [6.07, 6.45) is 1.80. The highest BCUT2D eigenvalue weighted by molar-refractivity contribution is 8.18. The summed E-state index contributed by atoms with van der Waals surface area (Å²) >= 11 is 7.47. The van der Waals surface area contributed by atoms with Crippen LogP contribution in [0, 0.1) is 6.92 Å². The number of carbonyl (C=O) groups is 1. The maximum absolute atomic E-state index is 12.6. The summed E-state index contributed by atoms with van der Waals surface area (Å²) in [5.41, 5.74) is 3.21. The van der Waals surface area contributed by atoms with Crippen LogP contribution in [0.1, 0.15) is 23.6 Å². The first-order chi connectivity index (χ1) is 17.9. The molecule has 9 heteroatoms. The van der Waals surface area contributed by atoms with Crippen LogP contribution in [0.15, 0.2) is 64.5 Å². The molecule has 0 aliphatic carbocycles. The fraction of sp³-hybridized carbons (Fsp3) is 0.214. The Bertz CT molecular complexity index is 1370. The maximum atomic E-state index is 12.6. The number of methoxy groups -OCH3 is 2. The minimum Gasteiger partial charge on any atom is -0.497 e. The Balaban J connectivity index is 1.53. The van der Waals surface area contributed by atoms with Crippen LogP contribution >= 0.6 is 23.4 Å². The summed E-state index contributed by atoms with van der Waals surface area (Å²) in [6.45, 7) is 4.52. The molecule has 0 saturated carbocycles. The van der Waals surface area contributed by atoms with Gasteiger partial charge in [0.25, 0.3) is 5.91 Å². The van der Waals surface area contributed by atoms with Gasteiger partial charge in [-0.3, -0.25) is 4.79 Å². The van der Waals surface area contributed by atoms with Crippen LogP contribution in [0.3, 0.4) is 0 Å². The van der Waals surface area contributed by atoms with Crippen LogP contribution in [0.2, 0.25) is 5.02 Å². The fourth-order valence-corrected chi connectivity index (χ4v) is 4.62. The molecule has 3 aromatic carbocycles. The third kappa shape index (κ3) is 6.39. The summed E-state index contributed by atoms with van der Waals surface area (Å²) in [6, 6.07) is 16.6. The van der Waals surface area contributed by atoms with Crippen LogP contribution in [0.5, 0.6) is 23.0 Å². The van der Waals surface area contributed by atoms with Crippen molar-refractivity contribution in [2.75, 3.05) is 20.8 Å². The van der Waals surface area contributed by atoms with E-state index in [1.807, 2.05) is 68.4 Å². The molecule has 1 heterocycles. The standard InChI is InChI=1S/C28H27ClN2O5S/c1-5-35-25-13-18(9-11-24(25)36-16-19-15-20(33-3)10-12-23(19)34-4)14-26-27(32)31-28(37-26)30-22-8-6-7-21(29)17(22)2/h6-15H,5,16H2,1-4H3,(H,30,31,32)/b26-14-. The topological polar surface area (TPSA) is 78.4 Å². The molecule has 0 atom stereocenters. The highest BCUT2D eigenvalue weighted by Gasteiger charge is 2.24. The van der Waals surface area contributed by atoms with Gasteiger partial charge in [-0.25, -0.2) is 4.99 Å². The van der Waals surface area contributed by atoms with Crippen molar-refractivity contribution in [2.24, 2.45) is 4.99 Å². The zero-order valence-corrected chi connectivity index (χ0v) is 22.5. The van der Waals surface area contributed by atoms with Gasteiger partial charge in [0.15, 0.2) is 16.7 Å². The number of hydrogen-bond donors (Lipinski definition) is 1. The van der Waals surface area contributed by atoms with Crippen molar-refractivity contribution in [1.29, 1.82) is 0 Å². The van der Waals surface area contributed by atoms with E-state index >= 15 is 0 Å². The van der Waals surface area contributed by atoms with Crippen LogP contribution in [0.25, 0.3) is 6.08 Å². The molecule has 1 aliphatic heterocycles. The lowest BCUT2D eigenvalue weighted by Gasteiger charge is -2.15. The second-order valence-electron chi connectivity index (χ2n) is 7.97. The van der Waals surface area contributed by atoms with E-state index in [1.54, 1.807) is 20.3 Å². The second kappa shape index (κ2) is 12.1. The van der Waals surface area contributed by atoms with E-state index in [9.17, 15) is 4.79 Å². The average Bonchev–Trinajstić information content (AvgIpc) is 3.24. The Morgan fingerprint density at radius 3 is 2.57 bits per heavy atom. The molecule has 1 fully saturated rings. The third-order valence-corrected chi connectivity index (χ3v) is 6.87. The zero-order chi connectivity index (χ0) is 26.4. The van der Waals surface area contributed by atoms with E-state index in [1.165, 1.54) is 11.8 Å². The molecule has 0 radical (unpaired) electrons. The number of nitrogens with one attached hydrogen (secondary N) is 1. The Labute approximate surface area is 225 Å². The second-order valence-corrected chi connectivity index (χ2v) is 9.41. The molecule has 37 heavy (non-hydrogen) atoms.